The molecule has 0 saturated heterocycles. The van der Waals surface area contributed by atoms with Crippen LogP contribution in [0.15, 0.2) is 29.0 Å². The number of halogens is 1. The standard InChI is InChI=1S/C10H10BrN3S/c1-12-6-8-9(11)14-10(15-8)7-4-2-3-5-13-7/h2-5,12H,6H2,1H3. The van der Waals surface area contributed by atoms with Gasteiger partial charge in [0.1, 0.15) is 9.61 Å². The molecule has 0 saturated carbocycles. The van der Waals surface area contributed by atoms with Crippen molar-refractivity contribution < 1.29 is 0 Å². The molecule has 0 aliphatic heterocycles. The molecule has 0 bridgehead atoms. The summed E-state index contributed by atoms with van der Waals surface area (Å²) in [5.41, 5.74) is 0.922. The molecule has 0 amide bonds. The van der Waals surface area contributed by atoms with Crippen LogP contribution in [0.4, 0.5) is 0 Å². The second kappa shape index (κ2) is 4.83. The number of nitrogens with zero attached hydrogens (tertiary/aromatic N) is 2. The predicted molar refractivity (Wildman–Crippen MR) is 65.8 cm³/mol. The van der Waals surface area contributed by atoms with E-state index in [0.29, 0.717) is 0 Å². The van der Waals surface area contributed by atoms with Crippen LogP contribution in [0, 0.1) is 0 Å². The summed E-state index contributed by atoms with van der Waals surface area (Å²) in [6.07, 6.45) is 1.78. The largest absolute Gasteiger partial charge is 0.315 e. The molecule has 0 aliphatic rings. The third kappa shape index (κ3) is 2.42. The van der Waals surface area contributed by atoms with Crippen LogP contribution in [0.25, 0.3) is 10.7 Å². The molecular weight excluding hydrogens is 274 g/mol. The Morgan fingerprint density at radius 3 is 3.00 bits per heavy atom. The molecule has 0 spiro atoms. The van der Waals surface area contributed by atoms with Crippen molar-refractivity contribution in [1.82, 2.24) is 15.3 Å². The van der Waals surface area contributed by atoms with Crippen LogP contribution < -0.4 is 5.32 Å². The third-order valence-electron chi connectivity index (χ3n) is 1.87. The molecule has 0 aliphatic carbocycles. The number of aromatic nitrogens is 2. The van der Waals surface area contributed by atoms with Gasteiger partial charge in [-0.05, 0) is 35.1 Å². The van der Waals surface area contributed by atoms with E-state index in [1.54, 1.807) is 17.5 Å². The first kappa shape index (κ1) is 10.7. The zero-order chi connectivity index (χ0) is 10.7. The topological polar surface area (TPSA) is 37.8 Å². The van der Waals surface area contributed by atoms with Gasteiger partial charge in [-0.15, -0.1) is 11.3 Å². The van der Waals surface area contributed by atoms with Crippen LogP contribution in [0.1, 0.15) is 4.88 Å². The summed E-state index contributed by atoms with van der Waals surface area (Å²) in [5, 5.41) is 4.06. The molecule has 0 radical (unpaired) electrons. The van der Waals surface area contributed by atoms with Crippen molar-refractivity contribution in [3.63, 3.8) is 0 Å². The number of rotatable bonds is 3. The highest BCUT2D eigenvalue weighted by atomic mass is 79.9. The van der Waals surface area contributed by atoms with Crippen molar-refractivity contribution in [2.24, 2.45) is 0 Å². The maximum absolute atomic E-state index is 4.43. The van der Waals surface area contributed by atoms with Crippen LogP contribution in [-0.2, 0) is 6.54 Å². The molecule has 0 fully saturated rings. The van der Waals surface area contributed by atoms with Crippen LogP contribution in [0.2, 0.25) is 0 Å². The maximum atomic E-state index is 4.43. The Labute approximate surface area is 101 Å². The van der Waals surface area contributed by atoms with E-state index in [1.807, 2.05) is 25.2 Å². The molecular formula is C10H10BrN3S. The highest BCUT2D eigenvalue weighted by molar-refractivity contribution is 9.10. The number of nitrogens with one attached hydrogen (secondary N) is 1. The van der Waals surface area contributed by atoms with E-state index in [0.717, 1.165) is 21.8 Å². The van der Waals surface area contributed by atoms with Crippen molar-refractivity contribution >= 4 is 27.3 Å². The lowest BCUT2D eigenvalue weighted by atomic mass is 10.4. The molecule has 2 heterocycles. The molecule has 0 atom stereocenters. The van der Waals surface area contributed by atoms with Gasteiger partial charge in [0.25, 0.3) is 0 Å². The zero-order valence-electron chi connectivity index (χ0n) is 8.20. The summed E-state index contributed by atoms with van der Waals surface area (Å²) >= 11 is 5.10. The molecule has 0 aromatic carbocycles. The highest BCUT2D eigenvalue weighted by Crippen LogP contribution is 2.29. The minimum Gasteiger partial charge on any atom is -0.315 e. The predicted octanol–water partition coefficient (Wildman–Crippen LogP) is 2.69. The molecule has 1 N–H and O–H groups in total. The van der Waals surface area contributed by atoms with Gasteiger partial charge in [0.05, 0.1) is 10.6 Å². The van der Waals surface area contributed by atoms with Crippen LogP contribution in [0.3, 0.4) is 0 Å². The fraction of sp³-hybridized carbons (Fsp3) is 0.200. The van der Waals surface area contributed by atoms with Gasteiger partial charge >= 0.3 is 0 Å². The number of pyridine rings is 1. The Kier molecular flexibility index (Phi) is 3.45. The van der Waals surface area contributed by atoms with Gasteiger partial charge in [-0.25, -0.2) is 4.98 Å². The first-order valence-electron chi connectivity index (χ1n) is 4.52. The van der Waals surface area contributed by atoms with Crippen LogP contribution in [0.5, 0.6) is 0 Å². The molecule has 5 heteroatoms. The van der Waals surface area contributed by atoms with Gasteiger partial charge < -0.3 is 5.32 Å². The SMILES string of the molecule is CNCc1sc(-c2ccccn2)nc1Br. The summed E-state index contributed by atoms with van der Waals surface area (Å²) in [7, 11) is 1.92. The lowest BCUT2D eigenvalue weighted by molar-refractivity contribution is 0.825. The van der Waals surface area contributed by atoms with Crippen LogP contribution in [-0.4, -0.2) is 17.0 Å². The van der Waals surface area contributed by atoms with E-state index in [4.69, 9.17) is 0 Å². The van der Waals surface area contributed by atoms with Gasteiger partial charge in [0.2, 0.25) is 0 Å². The summed E-state index contributed by atoms with van der Waals surface area (Å²) in [6.45, 7) is 0.824. The molecule has 15 heavy (non-hydrogen) atoms. The molecule has 78 valence electrons. The molecule has 3 nitrogen and oxygen atoms in total. The fourth-order valence-electron chi connectivity index (χ4n) is 1.20. The fourth-order valence-corrected chi connectivity index (χ4v) is 2.82. The average molecular weight is 284 g/mol. The Bertz CT molecular complexity index is 441. The molecule has 0 unspecified atom stereocenters. The number of hydrogen-bond donors (Lipinski definition) is 1. The lowest BCUT2D eigenvalue weighted by Crippen LogP contribution is -2.03. The smallest absolute Gasteiger partial charge is 0.143 e. The van der Waals surface area contributed by atoms with E-state index in [1.165, 1.54) is 4.88 Å². The highest BCUT2D eigenvalue weighted by Gasteiger charge is 2.09. The summed E-state index contributed by atoms with van der Waals surface area (Å²) in [5.74, 6) is 0. The Balaban J connectivity index is 2.34. The summed E-state index contributed by atoms with van der Waals surface area (Å²) in [4.78, 5) is 9.90. The number of thiazole rings is 1. The monoisotopic (exact) mass is 283 g/mol. The van der Waals surface area contributed by atoms with E-state index in [9.17, 15) is 0 Å². The normalized spacial score (nSPS) is 10.5. The molecule has 2 aromatic rings. The van der Waals surface area contributed by atoms with Crippen molar-refractivity contribution in [3.05, 3.63) is 33.9 Å². The molecule has 2 rings (SSSR count). The maximum Gasteiger partial charge on any atom is 0.143 e. The van der Waals surface area contributed by atoms with Gasteiger partial charge in [0, 0.05) is 12.7 Å². The minimum atomic E-state index is 0.824. The quantitative estimate of drug-likeness (QED) is 0.941. The lowest BCUT2D eigenvalue weighted by Gasteiger charge is -1.93. The van der Waals surface area contributed by atoms with Crippen molar-refractivity contribution in [1.29, 1.82) is 0 Å². The first-order valence-corrected chi connectivity index (χ1v) is 6.13. The minimum absolute atomic E-state index is 0.824. The zero-order valence-corrected chi connectivity index (χ0v) is 10.6. The van der Waals surface area contributed by atoms with Gasteiger partial charge in [0.15, 0.2) is 0 Å². The van der Waals surface area contributed by atoms with Crippen molar-refractivity contribution in [2.45, 2.75) is 6.54 Å². The van der Waals surface area contributed by atoms with E-state index in [2.05, 4.69) is 31.2 Å². The Hall–Kier alpha value is -0.780. The van der Waals surface area contributed by atoms with Gasteiger partial charge in [-0.2, -0.15) is 0 Å². The summed E-state index contributed by atoms with van der Waals surface area (Å²) in [6, 6.07) is 5.84. The Morgan fingerprint density at radius 2 is 2.33 bits per heavy atom. The van der Waals surface area contributed by atoms with E-state index < -0.39 is 0 Å². The van der Waals surface area contributed by atoms with Gasteiger partial charge in [-0.3, -0.25) is 4.98 Å². The summed E-state index contributed by atoms with van der Waals surface area (Å²) < 4.78 is 0.905. The number of hydrogen-bond acceptors (Lipinski definition) is 4. The van der Waals surface area contributed by atoms with E-state index >= 15 is 0 Å². The third-order valence-corrected chi connectivity index (χ3v) is 3.87. The Morgan fingerprint density at radius 1 is 1.47 bits per heavy atom. The average Bonchev–Trinajstić information content (AvgIpc) is 2.63. The van der Waals surface area contributed by atoms with Gasteiger partial charge in [-0.1, -0.05) is 6.07 Å². The van der Waals surface area contributed by atoms with E-state index in [-0.39, 0.29) is 0 Å². The van der Waals surface area contributed by atoms with Crippen molar-refractivity contribution in [2.75, 3.05) is 7.05 Å². The van der Waals surface area contributed by atoms with Crippen LogP contribution >= 0.6 is 27.3 Å². The van der Waals surface area contributed by atoms with Crippen molar-refractivity contribution in [3.8, 4) is 10.7 Å². The first-order chi connectivity index (χ1) is 7.31. The molecule has 2 aromatic heterocycles. The second-order valence-corrected chi connectivity index (χ2v) is 4.81. The second-order valence-electron chi connectivity index (χ2n) is 2.98.